The van der Waals surface area contributed by atoms with Gasteiger partial charge in [0.1, 0.15) is 5.75 Å². The van der Waals surface area contributed by atoms with Crippen LogP contribution in [0, 0.1) is 0 Å². The number of hydrogen-bond acceptors (Lipinski definition) is 5. The molecule has 3 N–H and O–H groups in total. The molecule has 0 bridgehead atoms. The van der Waals surface area contributed by atoms with Crippen molar-refractivity contribution < 1.29 is 27.9 Å². The smallest absolute Gasteiger partial charge is 0.319 e. The lowest BCUT2D eigenvalue weighted by Crippen LogP contribution is -2.24. The lowest BCUT2D eigenvalue weighted by molar-refractivity contribution is -0.136. The third kappa shape index (κ3) is 5.40. The first kappa shape index (κ1) is 24.4. The molecule has 9 nitrogen and oxygen atoms in total. The highest BCUT2D eigenvalue weighted by molar-refractivity contribution is 7.90. The van der Waals surface area contributed by atoms with E-state index in [9.17, 15) is 18.0 Å². The topological polar surface area (TPSA) is 127 Å². The minimum absolute atomic E-state index is 0.0508. The first-order valence-corrected chi connectivity index (χ1v) is 11.9. The van der Waals surface area contributed by atoms with Crippen LogP contribution < -0.4 is 15.4 Å². The number of aryl methyl sites for hydroxylation is 1. The summed E-state index contributed by atoms with van der Waals surface area (Å²) in [5.74, 6) is -0.434. The number of aliphatic carboxylic acids is 1. The maximum atomic E-state index is 13.5. The highest BCUT2D eigenvalue weighted by Gasteiger charge is 2.23. The van der Waals surface area contributed by atoms with Crippen molar-refractivity contribution in [3.05, 3.63) is 53.2 Å². The molecule has 11 heteroatoms. The molecular formula is C22H24ClN3O6S. The van der Waals surface area contributed by atoms with Crippen LogP contribution in [0.1, 0.15) is 25.8 Å². The van der Waals surface area contributed by atoms with Crippen molar-refractivity contribution in [1.29, 1.82) is 0 Å². The van der Waals surface area contributed by atoms with Gasteiger partial charge in [-0.3, -0.25) is 4.79 Å². The van der Waals surface area contributed by atoms with Crippen molar-refractivity contribution in [2.75, 3.05) is 12.4 Å². The average Bonchev–Trinajstić information content (AvgIpc) is 3.11. The largest absolute Gasteiger partial charge is 0.491 e. The zero-order chi connectivity index (χ0) is 24.3. The number of nitrogens with zero attached hydrogens (tertiary/aromatic N) is 1. The Balaban J connectivity index is 2.10. The highest BCUT2D eigenvalue weighted by Crippen LogP contribution is 2.32. The van der Waals surface area contributed by atoms with E-state index in [-0.39, 0.29) is 34.6 Å². The Morgan fingerprint density at radius 2 is 1.91 bits per heavy atom. The molecule has 0 fully saturated rings. The minimum atomic E-state index is -4.08. The molecule has 33 heavy (non-hydrogen) atoms. The Morgan fingerprint density at radius 1 is 1.18 bits per heavy atom. The Hall–Kier alpha value is -3.24. The molecule has 3 aromatic rings. The molecule has 3 rings (SSSR count). The fourth-order valence-corrected chi connectivity index (χ4v) is 5.00. The van der Waals surface area contributed by atoms with Crippen molar-refractivity contribution >= 4 is 50.2 Å². The molecule has 0 aliphatic rings. The van der Waals surface area contributed by atoms with Gasteiger partial charge in [-0.15, -0.1) is 0 Å². The number of carbonyl (C=O) groups excluding carboxylic acids is 1. The molecule has 2 aromatic carbocycles. The Bertz CT molecular complexity index is 1320. The van der Waals surface area contributed by atoms with Crippen LogP contribution in [0.25, 0.3) is 10.9 Å². The fourth-order valence-electron chi connectivity index (χ4n) is 3.29. The van der Waals surface area contributed by atoms with Crippen LogP contribution >= 0.6 is 11.6 Å². The summed E-state index contributed by atoms with van der Waals surface area (Å²) in [7, 11) is -2.63. The van der Waals surface area contributed by atoms with Gasteiger partial charge in [0.15, 0.2) is 0 Å². The molecule has 1 heterocycles. The van der Waals surface area contributed by atoms with Gasteiger partial charge in [-0.2, -0.15) is 0 Å². The second-order valence-corrected chi connectivity index (χ2v) is 9.76. The second-order valence-electron chi connectivity index (χ2n) is 7.54. The number of ether oxygens (including phenoxy) is 1. The van der Waals surface area contributed by atoms with Crippen LogP contribution in [-0.4, -0.2) is 42.6 Å². The van der Waals surface area contributed by atoms with E-state index in [0.717, 1.165) is 3.97 Å². The van der Waals surface area contributed by atoms with Crippen molar-refractivity contribution in [2.45, 2.75) is 37.7 Å². The number of hydrogen-bond donors (Lipinski definition) is 3. The number of aromatic nitrogens is 1. The summed E-state index contributed by atoms with van der Waals surface area (Å²) in [6.45, 7) is 3.75. The summed E-state index contributed by atoms with van der Waals surface area (Å²) in [5.41, 5.74) is 1.20. The molecule has 1 aromatic heterocycles. The molecule has 2 amide bonds. The third-order valence-electron chi connectivity index (χ3n) is 4.78. The maximum absolute atomic E-state index is 13.5. The predicted molar refractivity (Wildman–Crippen MR) is 126 cm³/mol. The average molecular weight is 494 g/mol. The molecule has 0 radical (unpaired) electrons. The van der Waals surface area contributed by atoms with E-state index in [1.807, 2.05) is 13.8 Å². The van der Waals surface area contributed by atoms with Crippen LogP contribution in [0.2, 0.25) is 5.02 Å². The van der Waals surface area contributed by atoms with E-state index >= 15 is 0 Å². The quantitative estimate of drug-likeness (QED) is 0.434. The van der Waals surface area contributed by atoms with E-state index in [1.165, 1.54) is 31.4 Å². The van der Waals surface area contributed by atoms with Crippen molar-refractivity contribution in [3.8, 4) is 5.75 Å². The number of anilines is 1. The van der Waals surface area contributed by atoms with Crippen LogP contribution in [0.5, 0.6) is 5.75 Å². The summed E-state index contributed by atoms with van der Waals surface area (Å²) >= 11 is 6.20. The van der Waals surface area contributed by atoms with Gasteiger partial charge in [-0.1, -0.05) is 11.6 Å². The summed E-state index contributed by atoms with van der Waals surface area (Å²) in [5, 5.41) is 14.6. The molecule has 176 valence electrons. The van der Waals surface area contributed by atoms with Crippen LogP contribution in [0.3, 0.4) is 0 Å². The Morgan fingerprint density at radius 3 is 2.52 bits per heavy atom. The number of fused-ring (bicyclic) bond motifs is 1. The number of urea groups is 1. The number of benzene rings is 2. The molecule has 0 atom stereocenters. The van der Waals surface area contributed by atoms with Gasteiger partial charge in [-0.05, 0) is 62.2 Å². The normalized spacial score (nSPS) is 11.5. The van der Waals surface area contributed by atoms with Crippen molar-refractivity contribution in [3.63, 3.8) is 0 Å². The maximum Gasteiger partial charge on any atom is 0.319 e. The first-order chi connectivity index (χ1) is 15.5. The summed E-state index contributed by atoms with van der Waals surface area (Å²) in [4.78, 5) is 22.6. The van der Waals surface area contributed by atoms with Crippen molar-refractivity contribution in [2.24, 2.45) is 0 Å². The first-order valence-electron chi connectivity index (χ1n) is 10.1. The molecular weight excluding hydrogens is 470 g/mol. The minimum Gasteiger partial charge on any atom is -0.491 e. The highest BCUT2D eigenvalue weighted by atomic mass is 35.5. The Labute approximate surface area is 196 Å². The van der Waals surface area contributed by atoms with Gasteiger partial charge in [0.2, 0.25) is 0 Å². The van der Waals surface area contributed by atoms with Crippen LogP contribution in [0.15, 0.2) is 47.5 Å². The molecule has 0 saturated carbocycles. The standard InChI is InChI=1S/C22H24ClN3O6S/c1-13(2)32-15-5-8-20-17(10-15)14(4-9-21(27)28)12-26(20)33(30,31)16-6-7-19(18(23)11-16)25-22(29)24-3/h5-8,10-13H,4,9H2,1-3H3,(H,27,28)(H2,24,25,29). The molecule has 0 aliphatic heterocycles. The predicted octanol–water partition coefficient (Wildman–Crippen LogP) is 4.09. The van der Waals surface area contributed by atoms with E-state index in [2.05, 4.69) is 10.6 Å². The van der Waals surface area contributed by atoms with Gasteiger partial charge >= 0.3 is 12.0 Å². The number of amides is 2. The SMILES string of the molecule is CNC(=O)Nc1ccc(S(=O)(=O)n2cc(CCC(=O)O)c3cc(OC(C)C)ccc32)cc1Cl. The monoisotopic (exact) mass is 493 g/mol. The van der Waals surface area contributed by atoms with Gasteiger partial charge in [0.25, 0.3) is 10.0 Å². The number of rotatable bonds is 8. The zero-order valence-corrected chi connectivity index (χ0v) is 19.8. The number of halogens is 1. The van der Waals surface area contributed by atoms with E-state index in [0.29, 0.717) is 22.2 Å². The number of carboxylic acids is 1. The number of carbonyl (C=O) groups is 2. The fraction of sp³-hybridized carbons (Fsp3) is 0.273. The van der Waals surface area contributed by atoms with E-state index in [4.69, 9.17) is 21.4 Å². The number of carboxylic acid groups (broad SMARTS) is 1. The lowest BCUT2D eigenvalue weighted by atomic mass is 10.1. The van der Waals surface area contributed by atoms with Gasteiger partial charge in [0.05, 0.1) is 27.2 Å². The molecule has 0 aliphatic carbocycles. The summed E-state index contributed by atoms with van der Waals surface area (Å²) in [6.07, 6.45) is 1.34. The van der Waals surface area contributed by atoms with E-state index in [1.54, 1.807) is 18.2 Å². The van der Waals surface area contributed by atoms with Gasteiger partial charge in [0, 0.05) is 25.1 Å². The third-order valence-corrected chi connectivity index (χ3v) is 6.76. The summed E-state index contributed by atoms with van der Waals surface area (Å²) < 4.78 is 33.7. The van der Waals surface area contributed by atoms with Crippen LogP contribution in [0.4, 0.5) is 10.5 Å². The Kier molecular flexibility index (Phi) is 7.19. The van der Waals surface area contributed by atoms with Crippen LogP contribution in [-0.2, 0) is 21.2 Å². The molecule has 0 saturated heterocycles. The van der Waals surface area contributed by atoms with Crippen molar-refractivity contribution in [1.82, 2.24) is 9.29 Å². The zero-order valence-electron chi connectivity index (χ0n) is 18.3. The number of nitrogens with one attached hydrogen (secondary N) is 2. The van der Waals surface area contributed by atoms with Gasteiger partial charge < -0.3 is 20.5 Å². The van der Waals surface area contributed by atoms with E-state index < -0.39 is 22.0 Å². The summed E-state index contributed by atoms with van der Waals surface area (Å²) in [6, 6.07) is 8.49. The lowest BCUT2D eigenvalue weighted by Gasteiger charge is -2.12. The molecule has 0 spiro atoms. The van der Waals surface area contributed by atoms with Gasteiger partial charge in [-0.25, -0.2) is 17.2 Å². The molecule has 0 unspecified atom stereocenters. The second kappa shape index (κ2) is 9.72.